The molecule has 2 saturated carbocycles. The normalized spacial score (nSPS) is 29.2. The van der Waals surface area contributed by atoms with Crippen molar-refractivity contribution >= 4 is 18.2 Å². The van der Waals surface area contributed by atoms with Crippen molar-refractivity contribution in [1.82, 2.24) is 4.90 Å². The summed E-state index contributed by atoms with van der Waals surface area (Å²) in [6.07, 6.45) is -0.0566. The molecule has 2 aliphatic carbocycles. The Bertz CT molecular complexity index is 1100. The van der Waals surface area contributed by atoms with Crippen LogP contribution in [0.2, 0.25) is 0 Å². The molecule has 0 aromatic heterocycles. The maximum absolute atomic E-state index is 14.0. The number of carbonyl (C=O) groups excluding carboxylic acids is 2. The number of nitrogens with two attached hydrogens (primary N) is 1. The van der Waals surface area contributed by atoms with Gasteiger partial charge in [0, 0.05) is 40.9 Å². The summed E-state index contributed by atoms with van der Waals surface area (Å²) in [5, 5.41) is 9.93. The van der Waals surface area contributed by atoms with E-state index in [0.29, 0.717) is 38.3 Å². The minimum Gasteiger partial charge on any atom is -0.449 e. The number of allylic oxidation sites excluding steroid dienone is 1. The zero-order chi connectivity index (χ0) is 27.9. The molecular formula is C27H33F4N3O4. The summed E-state index contributed by atoms with van der Waals surface area (Å²) in [5.74, 6) is -0.656. The van der Waals surface area contributed by atoms with E-state index in [4.69, 9.17) is 10.5 Å². The quantitative estimate of drug-likeness (QED) is 0.475. The highest BCUT2D eigenvalue weighted by molar-refractivity contribution is 5.95. The molecule has 2 amide bonds. The highest BCUT2D eigenvalue weighted by Gasteiger charge is 2.51. The van der Waals surface area contributed by atoms with Crippen LogP contribution in [0.1, 0.15) is 68.3 Å². The summed E-state index contributed by atoms with van der Waals surface area (Å²) in [4.78, 5) is 31.1. The Labute approximate surface area is 218 Å². The van der Waals surface area contributed by atoms with Crippen molar-refractivity contribution in [1.29, 1.82) is 0 Å². The number of rotatable bonds is 7. The van der Waals surface area contributed by atoms with E-state index in [1.807, 2.05) is 4.90 Å². The predicted molar refractivity (Wildman–Crippen MR) is 132 cm³/mol. The van der Waals surface area contributed by atoms with E-state index in [1.165, 1.54) is 18.3 Å². The molecule has 1 aromatic rings. The van der Waals surface area contributed by atoms with Gasteiger partial charge in [-0.2, -0.15) is 13.2 Å². The first-order chi connectivity index (χ1) is 17.7. The van der Waals surface area contributed by atoms with Gasteiger partial charge >= 0.3 is 12.3 Å². The summed E-state index contributed by atoms with van der Waals surface area (Å²) >= 11 is 0. The van der Waals surface area contributed by atoms with Gasteiger partial charge in [0.05, 0.1) is 0 Å². The third kappa shape index (κ3) is 5.57. The second-order valence-corrected chi connectivity index (χ2v) is 10.8. The predicted octanol–water partition coefficient (Wildman–Crippen LogP) is 5.03. The fourth-order valence-electron chi connectivity index (χ4n) is 5.33. The lowest BCUT2D eigenvalue weighted by Crippen LogP contribution is -2.47. The average molecular weight is 540 g/mol. The number of hydrogen-bond donors (Lipinski definition) is 2. The molecule has 208 valence electrons. The maximum atomic E-state index is 14.0. The van der Waals surface area contributed by atoms with Crippen LogP contribution in [0.4, 0.5) is 22.4 Å². The molecule has 1 aromatic carbocycles. The standard InChI is InChI=1S/C27H33F4N3O4/c1-16-13-22(33-14-21(16)28)26(15-38-24(32)36)11-9-20(10-12-26)34(19-7-8-19)23(35)17-3-5-18(6-4-17)25(2,37)27(29,30)31/h3-6,13-14,16,19-21,37H,7-12,15H2,1-2H3,(H2,32,36)/t16?,20?,21?,25-,26?/m0/s1. The number of primary amides is 1. The first kappa shape index (κ1) is 28.1. The van der Waals surface area contributed by atoms with E-state index in [-0.39, 0.29) is 41.6 Å². The topological polar surface area (TPSA) is 105 Å². The van der Waals surface area contributed by atoms with Gasteiger partial charge in [-0.1, -0.05) is 25.1 Å². The fraction of sp³-hybridized carbons (Fsp3) is 0.593. The molecule has 0 radical (unpaired) electrons. The van der Waals surface area contributed by atoms with Gasteiger partial charge in [0.25, 0.3) is 5.91 Å². The maximum Gasteiger partial charge on any atom is 0.421 e. The van der Waals surface area contributed by atoms with Gasteiger partial charge in [0.1, 0.15) is 12.8 Å². The Hall–Kier alpha value is -2.95. The van der Waals surface area contributed by atoms with Crippen molar-refractivity contribution in [2.45, 2.75) is 82.4 Å². The average Bonchev–Trinajstić information content (AvgIpc) is 3.70. The molecule has 0 spiro atoms. The number of aliphatic imine (C=N–C) groups is 1. The number of amides is 2. The summed E-state index contributed by atoms with van der Waals surface area (Å²) in [6.45, 7) is 2.42. The smallest absolute Gasteiger partial charge is 0.421 e. The van der Waals surface area contributed by atoms with Crippen LogP contribution in [0, 0.1) is 11.3 Å². The molecule has 38 heavy (non-hydrogen) atoms. The van der Waals surface area contributed by atoms with Crippen LogP contribution in [0.3, 0.4) is 0 Å². The van der Waals surface area contributed by atoms with Gasteiger partial charge in [-0.15, -0.1) is 0 Å². The van der Waals surface area contributed by atoms with Crippen molar-refractivity contribution in [2.24, 2.45) is 22.1 Å². The van der Waals surface area contributed by atoms with E-state index >= 15 is 0 Å². The van der Waals surface area contributed by atoms with E-state index < -0.39 is 29.5 Å². The van der Waals surface area contributed by atoms with E-state index in [0.717, 1.165) is 25.0 Å². The number of nitrogens with zero attached hydrogens (tertiary/aromatic N) is 2. The lowest BCUT2D eigenvalue weighted by atomic mass is 9.69. The molecular weight excluding hydrogens is 506 g/mol. The van der Waals surface area contributed by atoms with Crippen LogP contribution in [-0.4, -0.2) is 59.3 Å². The minimum absolute atomic E-state index is 0.000130. The zero-order valence-corrected chi connectivity index (χ0v) is 21.4. The van der Waals surface area contributed by atoms with Gasteiger partial charge < -0.3 is 20.5 Å². The first-order valence-electron chi connectivity index (χ1n) is 12.8. The summed E-state index contributed by atoms with van der Waals surface area (Å²) < 4.78 is 58.8. The number of alkyl halides is 4. The van der Waals surface area contributed by atoms with Crippen LogP contribution in [0.25, 0.3) is 0 Å². The summed E-state index contributed by atoms with van der Waals surface area (Å²) in [5.41, 5.74) is 2.09. The number of ether oxygens (including phenoxy) is 1. The minimum atomic E-state index is -4.86. The zero-order valence-electron chi connectivity index (χ0n) is 21.4. The molecule has 3 N–H and O–H groups in total. The van der Waals surface area contributed by atoms with Crippen molar-refractivity contribution in [3.05, 3.63) is 47.2 Å². The van der Waals surface area contributed by atoms with Gasteiger partial charge in [0.2, 0.25) is 0 Å². The molecule has 0 saturated heterocycles. The summed E-state index contributed by atoms with van der Waals surface area (Å²) in [6, 6.07) is 4.81. The van der Waals surface area contributed by atoms with Crippen molar-refractivity contribution in [3.63, 3.8) is 0 Å². The fourth-order valence-corrected chi connectivity index (χ4v) is 5.33. The van der Waals surface area contributed by atoms with Crippen LogP contribution < -0.4 is 5.73 Å². The molecule has 2 unspecified atom stereocenters. The number of aliphatic hydroxyl groups is 1. The molecule has 1 heterocycles. The summed E-state index contributed by atoms with van der Waals surface area (Å²) in [7, 11) is 0. The highest BCUT2D eigenvalue weighted by Crippen LogP contribution is 2.47. The van der Waals surface area contributed by atoms with Crippen LogP contribution in [0.5, 0.6) is 0 Å². The van der Waals surface area contributed by atoms with Gasteiger partial charge in [-0.05, 0) is 63.1 Å². The molecule has 3 aliphatic rings. The molecule has 11 heteroatoms. The van der Waals surface area contributed by atoms with E-state index in [2.05, 4.69) is 4.99 Å². The number of halogens is 4. The van der Waals surface area contributed by atoms with Crippen LogP contribution >= 0.6 is 0 Å². The van der Waals surface area contributed by atoms with Crippen LogP contribution in [-0.2, 0) is 10.3 Å². The van der Waals surface area contributed by atoms with Crippen LogP contribution in [0.15, 0.2) is 41.0 Å². The van der Waals surface area contributed by atoms with E-state index in [1.54, 1.807) is 13.0 Å². The third-order valence-corrected chi connectivity index (χ3v) is 8.04. The second-order valence-electron chi connectivity index (χ2n) is 10.8. The molecule has 7 nitrogen and oxygen atoms in total. The Morgan fingerprint density at radius 1 is 1.13 bits per heavy atom. The molecule has 2 fully saturated rings. The first-order valence-corrected chi connectivity index (χ1v) is 12.8. The number of hydrogen-bond acceptors (Lipinski definition) is 5. The van der Waals surface area contributed by atoms with Crippen molar-refractivity contribution in [2.75, 3.05) is 6.61 Å². The largest absolute Gasteiger partial charge is 0.449 e. The van der Waals surface area contributed by atoms with Gasteiger partial charge in [-0.25, -0.2) is 9.18 Å². The Kier molecular flexibility index (Phi) is 7.62. The SMILES string of the molecule is CC1C=C(C2(COC(N)=O)CCC(N(C(=O)c3ccc([C@](C)(O)C(F)(F)F)cc3)C3CC3)CC2)N=CC1F. The molecule has 1 aliphatic heterocycles. The Morgan fingerprint density at radius 3 is 2.21 bits per heavy atom. The van der Waals surface area contributed by atoms with Gasteiger partial charge in [0.15, 0.2) is 5.60 Å². The molecule has 4 rings (SSSR count). The monoisotopic (exact) mass is 539 g/mol. The van der Waals surface area contributed by atoms with Gasteiger partial charge in [-0.3, -0.25) is 9.79 Å². The third-order valence-electron chi connectivity index (χ3n) is 8.04. The number of benzene rings is 1. The Morgan fingerprint density at radius 2 is 1.71 bits per heavy atom. The highest BCUT2D eigenvalue weighted by atomic mass is 19.4. The lowest BCUT2D eigenvalue weighted by molar-refractivity contribution is -0.258. The lowest BCUT2D eigenvalue weighted by Gasteiger charge is -2.44. The molecule has 0 bridgehead atoms. The number of carbonyl (C=O) groups is 2. The van der Waals surface area contributed by atoms with Crippen molar-refractivity contribution in [3.8, 4) is 0 Å². The van der Waals surface area contributed by atoms with E-state index in [9.17, 15) is 32.3 Å². The Balaban J connectivity index is 1.52. The van der Waals surface area contributed by atoms with Crippen molar-refractivity contribution < 1.29 is 37.0 Å². The second kappa shape index (κ2) is 10.3. The molecule has 3 atom stereocenters.